The summed E-state index contributed by atoms with van der Waals surface area (Å²) in [4.78, 5) is 13.1. The molecule has 0 aliphatic heterocycles. The van der Waals surface area contributed by atoms with Gasteiger partial charge in [0.25, 0.3) is 0 Å². The van der Waals surface area contributed by atoms with Crippen molar-refractivity contribution in [3.05, 3.63) is 71.8 Å². The van der Waals surface area contributed by atoms with Crippen molar-refractivity contribution in [1.82, 2.24) is 20.6 Å². The first kappa shape index (κ1) is 23.2. The molecule has 0 spiro atoms. The Balaban J connectivity index is 1.34. The van der Waals surface area contributed by atoms with Crippen LogP contribution in [-0.4, -0.2) is 33.3 Å². The van der Waals surface area contributed by atoms with Crippen LogP contribution in [0.25, 0.3) is 22.5 Å². The number of hydrogen-bond acceptors (Lipinski definition) is 5. The fourth-order valence-electron chi connectivity index (χ4n) is 4.71. The fraction of sp³-hybridized carbons (Fsp3) is 0.310. The van der Waals surface area contributed by atoms with Crippen LogP contribution in [0.15, 0.2) is 60.7 Å². The quantitative estimate of drug-likeness (QED) is 0.239. The summed E-state index contributed by atoms with van der Waals surface area (Å²) in [5.74, 6) is 2.38. The van der Waals surface area contributed by atoms with Crippen molar-refractivity contribution in [2.45, 2.75) is 50.9 Å². The summed E-state index contributed by atoms with van der Waals surface area (Å²) in [5.41, 5.74) is 6.68. The number of rotatable bonds is 9. The molecule has 3 aromatic carbocycles. The van der Waals surface area contributed by atoms with E-state index >= 15 is 0 Å². The van der Waals surface area contributed by atoms with Crippen molar-refractivity contribution in [1.29, 1.82) is 0 Å². The number of aromatic amines is 1. The highest BCUT2D eigenvalue weighted by Gasteiger charge is 2.30. The van der Waals surface area contributed by atoms with E-state index in [0.717, 1.165) is 53.0 Å². The number of ether oxygens (including phenoxy) is 1. The molecular formula is C29H30N6O2. The maximum atomic E-state index is 13.1. The van der Waals surface area contributed by atoms with Gasteiger partial charge in [0.05, 0.1) is 12.3 Å². The Kier molecular flexibility index (Phi) is 6.30. The number of carbonyl (C=O) groups is 1. The van der Waals surface area contributed by atoms with Gasteiger partial charge in [-0.1, -0.05) is 43.3 Å². The van der Waals surface area contributed by atoms with Crippen LogP contribution in [0, 0.1) is 0 Å². The Hall–Kier alpha value is -4.20. The maximum Gasteiger partial charge on any atom is 0.323 e. The lowest BCUT2D eigenvalue weighted by Crippen LogP contribution is -2.20. The third-order valence-corrected chi connectivity index (χ3v) is 6.88. The summed E-state index contributed by atoms with van der Waals surface area (Å²) >= 11 is 0. The molecule has 8 heteroatoms. The zero-order chi connectivity index (χ0) is 25.2. The van der Waals surface area contributed by atoms with Gasteiger partial charge >= 0.3 is 6.03 Å². The van der Waals surface area contributed by atoms with E-state index in [4.69, 9.17) is 4.74 Å². The van der Waals surface area contributed by atoms with Gasteiger partial charge < -0.3 is 15.4 Å². The molecule has 2 amide bonds. The third-order valence-electron chi connectivity index (χ3n) is 6.88. The highest BCUT2D eigenvalue weighted by Crippen LogP contribution is 2.49. The fourth-order valence-corrected chi connectivity index (χ4v) is 4.71. The lowest BCUT2D eigenvalue weighted by atomic mass is 9.95. The molecule has 2 saturated carbocycles. The van der Waals surface area contributed by atoms with Crippen LogP contribution >= 0.6 is 0 Å². The summed E-state index contributed by atoms with van der Waals surface area (Å²) in [6.45, 7) is 2.66. The molecule has 37 heavy (non-hydrogen) atoms. The molecule has 188 valence electrons. The van der Waals surface area contributed by atoms with Crippen LogP contribution in [0.1, 0.15) is 62.0 Å². The molecular weight excluding hydrogens is 464 g/mol. The van der Waals surface area contributed by atoms with E-state index in [1.165, 1.54) is 18.4 Å². The molecule has 2 aliphatic rings. The van der Waals surface area contributed by atoms with Gasteiger partial charge in [-0.3, -0.25) is 0 Å². The van der Waals surface area contributed by atoms with E-state index in [2.05, 4.69) is 56.4 Å². The summed E-state index contributed by atoms with van der Waals surface area (Å²) in [6, 6.07) is 20.0. The number of hydrogen-bond donors (Lipinski definition) is 3. The second-order valence-electron chi connectivity index (χ2n) is 9.82. The van der Waals surface area contributed by atoms with Gasteiger partial charge in [0, 0.05) is 16.8 Å². The van der Waals surface area contributed by atoms with E-state index in [-0.39, 0.29) is 6.03 Å². The zero-order valence-electron chi connectivity index (χ0n) is 20.8. The Morgan fingerprint density at radius 1 is 0.973 bits per heavy atom. The highest BCUT2D eigenvalue weighted by atomic mass is 16.5. The number of H-pyrrole nitrogens is 1. The van der Waals surface area contributed by atoms with E-state index in [0.29, 0.717) is 30.0 Å². The molecule has 2 fully saturated rings. The van der Waals surface area contributed by atoms with Gasteiger partial charge in [-0.2, -0.15) is 5.21 Å². The SMILES string of the molecule is CCCOc1c(NC(=O)Nc2ccc(C3CC3)cc2)cc(-c2ccccc2-c2nn[nH]n2)cc1C1CC1. The van der Waals surface area contributed by atoms with Crippen molar-refractivity contribution in [3.63, 3.8) is 0 Å². The molecule has 0 saturated heterocycles. The van der Waals surface area contributed by atoms with E-state index in [1.54, 1.807) is 0 Å². The Morgan fingerprint density at radius 2 is 1.73 bits per heavy atom. The van der Waals surface area contributed by atoms with Crippen molar-refractivity contribution < 1.29 is 9.53 Å². The summed E-state index contributed by atoms with van der Waals surface area (Å²) in [6.07, 6.45) is 5.60. The monoisotopic (exact) mass is 494 g/mol. The summed E-state index contributed by atoms with van der Waals surface area (Å²) in [7, 11) is 0. The maximum absolute atomic E-state index is 13.1. The molecule has 0 unspecified atom stereocenters. The summed E-state index contributed by atoms with van der Waals surface area (Å²) in [5, 5.41) is 20.7. The number of nitrogens with zero attached hydrogens (tertiary/aromatic N) is 3. The molecule has 0 atom stereocenters. The normalized spacial score (nSPS) is 14.8. The average molecular weight is 495 g/mol. The smallest absolute Gasteiger partial charge is 0.323 e. The predicted molar refractivity (Wildman–Crippen MR) is 144 cm³/mol. The van der Waals surface area contributed by atoms with Gasteiger partial charge in [-0.25, -0.2) is 4.79 Å². The molecule has 8 nitrogen and oxygen atoms in total. The Labute approximate surface area is 215 Å². The van der Waals surface area contributed by atoms with Crippen molar-refractivity contribution in [3.8, 4) is 28.3 Å². The molecule has 3 N–H and O–H groups in total. The Morgan fingerprint density at radius 3 is 2.41 bits per heavy atom. The average Bonchev–Trinajstić information content (AvgIpc) is 3.86. The number of carbonyl (C=O) groups excluding carboxylic acids is 1. The number of urea groups is 1. The zero-order valence-corrected chi connectivity index (χ0v) is 20.8. The molecule has 4 aromatic rings. The van der Waals surface area contributed by atoms with Crippen LogP contribution in [0.3, 0.4) is 0 Å². The number of aromatic nitrogens is 4. The van der Waals surface area contributed by atoms with E-state index in [9.17, 15) is 4.79 Å². The molecule has 6 rings (SSSR count). The van der Waals surface area contributed by atoms with Crippen molar-refractivity contribution in [2.75, 3.05) is 17.2 Å². The number of amides is 2. The van der Waals surface area contributed by atoms with Crippen LogP contribution < -0.4 is 15.4 Å². The molecule has 0 radical (unpaired) electrons. The minimum Gasteiger partial charge on any atom is -0.491 e. The van der Waals surface area contributed by atoms with Crippen LogP contribution in [0.2, 0.25) is 0 Å². The minimum atomic E-state index is -0.300. The van der Waals surface area contributed by atoms with Gasteiger partial charge in [-0.05, 0) is 90.1 Å². The minimum absolute atomic E-state index is 0.300. The van der Waals surface area contributed by atoms with Gasteiger partial charge in [0.15, 0.2) is 0 Å². The van der Waals surface area contributed by atoms with E-state index in [1.807, 2.05) is 42.5 Å². The largest absolute Gasteiger partial charge is 0.491 e. The van der Waals surface area contributed by atoms with Gasteiger partial charge in [-0.15, -0.1) is 10.2 Å². The third kappa shape index (κ3) is 5.18. The lowest BCUT2D eigenvalue weighted by Gasteiger charge is -2.19. The second kappa shape index (κ2) is 10.0. The van der Waals surface area contributed by atoms with Crippen LogP contribution in [0.5, 0.6) is 5.75 Å². The number of benzene rings is 3. The first-order chi connectivity index (χ1) is 18.2. The highest BCUT2D eigenvalue weighted by molar-refractivity contribution is 6.01. The Bertz CT molecular complexity index is 1390. The molecule has 1 heterocycles. The molecule has 1 aromatic heterocycles. The van der Waals surface area contributed by atoms with E-state index < -0.39 is 0 Å². The lowest BCUT2D eigenvalue weighted by molar-refractivity contribution is 0.261. The van der Waals surface area contributed by atoms with Gasteiger partial charge in [0.1, 0.15) is 5.75 Å². The standard InChI is InChI=1S/C29H30N6O2/c1-2-15-37-27-25(20-9-10-20)16-21(23-5-3-4-6-24(23)28-32-34-35-33-28)17-26(27)31-29(36)30-22-13-11-19(12-14-22)18-7-8-18/h3-6,11-14,16-18,20H,2,7-10,15H2,1H3,(H2,30,31,36)(H,32,33,34,35). The van der Waals surface area contributed by atoms with Crippen LogP contribution in [0.4, 0.5) is 16.2 Å². The first-order valence-electron chi connectivity index (χ1n) is 13.0. The summed E-state index contributed by atoms with van der Waals surface area (Å²) < 4.78 is 6.23. The van der Waals surface area contributed by atoms with Crippen molar-refractivity contribution in [2.24, 2.45) is 0 Å². The van der Waals surface area contributed by atoms with Crippen LogP contribution in [-0.2, 0) is 0 Å². The van der Waals surface area contributed by atoms with Crippen molar-refractivity contribution >= 4 is 17.4 Å². The predicted octanol–water partition coefficient (Wildman–Crippen LogP) is 6.72. The second-order valence-corrected chi connectivity index (χ2v) is 9.82. The topological polar surface area (TPSA) is 105 Å². The number of tetrazole rings is 1. The molecule has 2 aliphatic carbocycles. The number of anilines is 2. The van der Waals surface area contributed by atoms with Gasteiger partial charge in [0.2, 0.25) is 5.82 Å². The molecule has 0 bridgehead atoms. The first-order valence-corrected chi connectivity index (χ1v) is 13.0. The number of nitrogens with one attached hydrogen (secondary N) is 3.